The quantitative estimate of drug-likeness (QED) is 0.765. The Bertz CT molecular complexity index is 810. The Morgan fingerprint density at radius 3 is 2.52 bits per heavy atom. The van der Waals surface area contributed by atoms with E-state index in [9.17, 15) is 13.2 Å². The summed E-state index contributed by atoms with van der Waals surface area (Å²) >= 11 is 1.26. The molecule has 27 heavy (non-hydrogen) atoms. The van der Waals surface area contributed by atoms with Crippen molar-refractivity contribution in [3.05, 3.63) is 17.5 Å². The summed E-state index contributed by atoms with van der Waals surface area (Å²) < 4.78 is 27.3. The minimum atomic E-state index is -3.40. The van der Waals surface area contributed by atoms with E-state index in [0.717, 1.165) is 19.4 Å². The van der Waals surface area contributed by atoms with Gasteiger partial charge in [-0.05, 0) is 54.4 Å². The third kappa shape index (κ3) is 3.58. The summed E-state index contributed by atoms with van der Waals surface area (Å²) in [4.78, 5) is 15.4. The van der Waals surface area contributed by atoms with Gasteiger partial charge in [-0.25, -0.2) is 8.42 Å². The lowest BCUT2D eigenvalue weighted by molar-refractivity contribution is -0.138. The van der Waals surface area contributed by atoms with Gasteiger partial charge in [-0.1, -0.05) is 26.8 Å². The van der Waals surface area contributed by atoms with E-state index in [4.69, 9.17) is 0 Å². The van der Waals surface area contributed by atoms with Gasteiger partial charge < -0.3 is 4.90 Å². The van der Waals surface area contributed by atoms with Gasteiger partial charge in [0, 0.05) is 31.6 Å². The predicted octanol–water partition coefficient (Wildman–Crippen LogP) is 3.58. The van der Waals surface area contributed by atoms with Crippen LogP contribution in [0.25, 0.3) is 0 Å². The van der Waals surface area contributed by atoms with Crippen molar-refractivity contribution in [1.82, 2.24) is 9.21 Å². The summed E-state index contributed by atoms with van der Waals surface area (Å²) in [5.41, 5.74) is 0.538. The van der Waals surface area contributed by atoms with E-state index in [1.165, 1.54) is 17.8 Å². The number of carbonyl (C=O) groups is 1. The van der Waals surface area contributed by atoms with Crippen molar-refractivity contribution in [2.75, 3.05) is 19.6 Å². The molecule has 2 atom stereocenters. The van der Waals surface area contributed by atoms with Gasteiger partial charge in [0.05, 0.1) is 0 Å². The van der Waals surface area contributed by atoms with Crippen LogP contribution in [0.15, 0.2) is 21.7 Å². The topological polar surface area (TPSA) is 57.7 Å². The van der Waals surface area contributed by atoms with Crippen LogP contribution in [0, 0.1) is 16.7 Å². The summed E-state index contributed by atoms with van der Waals surface area (Å²) in [5.74, 6) is 0.223. The standard InChI is InChI=1S/C20H30N2O3S2/c1-19(2)11-16-12-20(3,13-19)14-22(16)18(23)15-6-8-21(9-7-15)27(24,25)17-5-4-10-26-17/h4-5,10,15-16H,6-9,11-14H2,1-3H3. The van der Waals surface area contributed by atoms with Crippen LogP contribution < -0.4 is 0 Å². The Morgan fingerprint density at radius 1 is 1.19 bits per heavy atom. The van der Waals surface area contributed by atoms with Crippen LogP contribution >= 0.6 is 11.3 Å². The van der Waals surface area contributed by atoms with E-state index >= 15 is 0 Å². The molecule has 2 aliphatic heterocycles. The molecule has 1 aromatic rings. The van der Waals surface area contributed by atoms with Gasteiger partial charge >= 0.3 is 0 Å². The number of amides is 1. The van der Waals surface area contributed by atoms with Crippen LogP contribution in [0.2, 0.25) is 0 Å². The molecule has 0 N–H and O–H groups in total. The Morgan fingerprint density at radius 2 is 1.89 bits per heavy atom. The molecule has 1 aromatic heterocycles. The molecule has 150 valence electrons. The second kappa shape index (κ2) is 6.56. The molecule has 4 rings (SSSR count). The van der Waals surface area contributed by atoms with E-state index in [1.807, 2.05) is 0 Å². The maximum atomic E-state index is 13.2. The number of hydrogen-bond donors (Lipinski definition) is 0. The summed E-state index contributed by atoms with van der Waals surface area (Å²) in [6.07, 6.45) is 4.64. The van der Waals surface area contributed by atoms with Gasteiger partial charge in [-0.3, -0.25) is 4.79 Å². The fraction of sp³-hybridized carbons (Fsp3) is 0.750. The molecular weight excluding hydrogens is 380 g/mol. The zero-order chi connectivity index (χ0) is 19.4. The first-order valence-electron chi connectivity index (χ1n) is 9.94. The van der Waals surface area contributed by atoms with Crippen molar-refractivity contribution >= 4 is 27.3 Å². The first-order chi connectivity index (χ1) is 12.6. The number of thiophene rings is 1. The van der Waals surface area contributed by atoms with Gasteiger partial charge in [-0.15, -0.1) is 11.3 Å². The molecule has 0 radical (unpaired) electrons. The zero-order valence-electron chi connectivity index (χ0n) is 16.5. The number of fused-ring (bicyclic) bond motifs is 2. The Labute approximate surface area is 166 Å². The molecule has 2 unspecified atom stereocenters. The molecule has 2 bridgehead atoms. The Kier molecular flexibility index (Phi) is 4.71. The number of rotatable bonds is 3. The van der Waals surface area contributed by atoms with E-state index in [1.54, 1.807) is 21.8 Å². The average molecular weight is 411 g/mol. The molecule has 7 heteroatoms. The Hall–Kier alpha value is -0.920. The van der Waals surface area contributed by atoms with Gasteiger partial charge in [-0.2, -0.15) is 4.31 Å². The summed E-state index contributed by atoms with van der Waals surface area (Å²) in [7, 11) is -3.40. The third-order valence-electron chi connectivity index (χ3n) is 6.59. The van der Waals surface area contributed by atoms with Crippen molar-refractivity contribution < 1.29 is 13.2 Å². The van der Waals surface area contributed by atoms with E-state index < -0.39 is 10.0 Å². The van der Waals surface area contributed by atoms with Crippen molar-refractivity contribution in [3.8, 4) is 0 Å². The molecular formula is C20H30N2O3S2. The molecule has 3 aliphatic rings. The number of likely N-dealkylation sites (tertiary alicyclic amines) is 1. The summed E-state index contributed by atoms with van der Waals surface area (Å²) in [6.45, 7) is 8.71. The number of sulfonamides is 1. The highest BCUT2D eigenvalue weighted by atomic mass is 32.2. The molecule has 1 amide bonds. The van der Waals surface area contributed by atoms with E-state index in [0.29, 0.717) is 41.6 Å². The molecule has 3 heterocycles. The lowest BCUT2D eigenvalue weighted by Gasteiger charge is -2.39. The van der Waals surface area contributed by atoms with Crippen LogP contribution in [0.5, 0.6) is 0 Å². The second-order valence-electron chi connectivity index (χ2n) is 9.79. The van der Waals surface area contributed by atoms with E-state index in [2.05, 4.69) is 25.7 Å². The first-order valence-corrected chi connectivity index (χ1v) is 12.3. The van der Waals surface area contributed by atoms with Crippen LogP contribution in [0.3, 0.4) is 0 Å². The second-order valence-corrected chi connectivity index (χ2v) is 12.9. The molecule has 1 aliphatic carbocycles. The number of carbonyl (C=O) groups excluding carboxylic acids is 1. The van der Waals surface area contributed by atoms with Crippen molar-refractivity contribution in [1.29, 1.82) is 0 Å². The summed E-state index contributed by atoms with van der Waals surface area (Å²) in [5, 5.41) is 1.79. The van der Waals surface area contributed by atoms with Gasteiger partial charge in [0.1, 0.15) is 4.21 Å². The van der Waals surface area contributed by atoms with Gasteiger partial charge in [0.25, 0.3) is 10.0 Å². The Balaban J connectivity index is 1.41. The van der Waals surface area contributed by atoms with Crippen LogP contribution in [-0.2, 0) is 14.8 Å². The maximum absolute atomic E-state index is 13.2. The van der Waals surface area contributed by atoms with Crippen molar-refractivity contribution in [3.63, 3.8) is 0 Å². The van der Waals surface area contributed by atoms with Crippen LogP contribution in [-0.4, -0.2) is 49.2 Å². The maximum Gasteiger partial charge on any atom is 0.252 e. The number of hydrogen-bond acceptors (Lipinski definition) is 4. The predicted molar refractivity (Wildman–Crippen MR) is 107 cm³/mol. The van der Waals surface area contributed by atoms with Crippen LogP contribution in [0.4, 0.5) is 0 Å². The zero-order valence-corrected chi connectivity index (χ0v) is 18.1. The molecule has 0 aromatic carbocycles. The highest BCUT2D eigenvalue weighted by Gasteiger charge is 2.51. The van der Waals surface area contributed by atoms with E-state index in [-0.39, 0.29) is 17.2 Å². The third-order valence-corrected chi connectivity index (χ3v) is 9.86. The summed E-state index contributed by atoms with van der Waals surface area (Å²) in [6, 6.07) is 3.78. The first kappa shape index (κ1) is 19.4. The average Bonchev–Trinajstić information content (AvgIpc) is 3.20. The monoisotopic (exact) mass is 410 g/mol. The molecule has 0 spiro atoms. The fourth-order valence-electron chi connectivity index (χ4n) is 5.83. The highest BCUT2D eigenvalue weighted by molar-refractivity contribution is 7.91. The number of nitrogens with zero attached hydrogens (tertiary/aromatic N) is 2. The minimum Gasteiger partial charge on any atom is -0.339 e. The van der Waals surface area contributed by atoms with Crippen molar-refractivity contribution in [2.45, 2.75) is 63.1 Å². The van der Waals surface area contributed by atoms with Crippen molar-refractivity contribution in [2.24, 2.45) is 16.7 Å². The van der Waals surface area contributed by atoms with Gasteiger partial charge in [0.15, 0.2) is 0 Å². The largest absolute Gasteiger partial charge is 0.339 e. The lowest BCUT2D eigenvalue weighted by atomic mass is 9.65. The highest BCUT2D eigenvalue weighted by Crippen LogP contribution is 2.52. The number of piperidine rings is 1. The van der Waals surface area contributed by atoms with Crippen LogP contribution in [0.1, 0.15) is 52.9 Å². The molecule has 5 nitrogen and oxygen atoms in total. The normalized spacial score (nSPS) is 32.0. The fourth-order valence-corrected chi connectivity index (χ4v) is 8.45. The molecule has 2 saturated heterocycles. The molecule has 3 fully saturated rings. The SMILES string of the molecule is CC1(C)CC2CC(C)(CN2C(=O)C2CCN(S(=O)(=O)c3cccs3)CC2)C1. The smallest absolute Gasteiger partial charge is 0.252 e. The molecule has 1 saturated carbocycles. The lowest BCUT2D eigenvalue weighted by Crippen LogP contribution is -2.46. The minimum absolute atomic E-state index is 0.0363. The van der Waals surface area contributed by atoms with Gasteiger partial charge in [0.2, 0.25) is 5.91 Å².